The van der Waals surface area contributed by atoms with Crippen LogP contribution >= 0.6 is 0 Å². The van der Waals surface area contributed by atoms with Crippen LogP contribution in [0.15, 0.2) is 24.3 Å². The summed E-state index contributed by atoms with van der Waals surface area (Å²) in [6, 6.07) is 9.06. The summed E-state index contributed by atoms with van der Waals surface area (Å²) in [5.41, 5.74) is 2.80. The first-order valence-electron chi connectivity index (χ1n) is 10.3. The van der Waals surface area contributed by atoms with E-state index in [0.29, 0.717) is 24.4 Å². The van der Waals surface area contributed by atoms with Gasteiger partial charge < -0.3 is 18.9 Å². The van der Waals surface area contributed by atoms with E-state index in [1.165, 1.54) is 11.1 Å². The van der Waals surface area contributed by atoms with Gasteiger partial charge in [0.05, 0.1) is 50.8 Å². The molecule has 4 atom stereocenters. The Bertz CT molecular complexity index is 598. The Morgan fingerprint density at radius 1 is 0.704 bits per heavy atom. The Balaban J connectivity index is 1.14. The van der Waals surface area contributed by atoms with Gasteiger partial charge in [0.2, 0.25) is 0 Å². The van der Waals surface area contributed by atoms with Gasteiger partial charge in [-0.1, -0.05) is 24.3 Å². The molecule has 0 spiro atoms. The van der Waals surface area contributed by atoms with Gasteiger partial charge in [0.25, 0.3) is 0 Å². The van der Waals surface area contributed by atoms with Crippen molar-refractivity contribution in [2.75, 3.05) is 59.2 Å². The van der Waals surface area contributed by atoms with Gasteiger partial charge in [-0.3, -0.25) is 9.80 Å². The van der Waals surface area contributed by atoms with Crippen LogP contribution in [0, 0.1) is 0 Å². The zero-order valence-corrected chi connectivity index (χ0v) is 15.9. The first kappa shape index (κ1) is 18.0. The van der Waals surface area contributed by atoms with Gasteiger partial charge in [-0.15, -0.1) is 0 Å². The Morgan fingerprint density at radius 3 is 1.70 bits per heavy atom. The molecular formula is C21H30N2O4. The van der Waals surface area contributed by atoms with E-state index in [2.05, 4.69) is 34.1 Å². The van der Waals surface area contributed by atoms with Crippen molar-refractivity contribution in [2.45, 2.75) is 37.4 Å². The summed E-state index contributed by atoms with van der Waals surface area (Å²) in [7, 11) is 0. The maximum Gasteiger partial charge on any atom is 0.0936 e. The Kier molecular flexibility index (Phi) is 5.45. The van der Waals surface area contributed by atoms with Crippen molar-refractivity contribution < 1.29 is 18.9 Å². The molecule has 0 amide bonds. The molecule has 6 heteroatoms. The van der Waals surface area contributed by atoms with E-state index >= 15 is 0 Å². The smallest absolute Gasteiger partial charge is 0.0936 e. The van der Waals surface area contributed by atoms with Gasteiger partial charge in [0, 0.05) is 39.3 Å². The van der Waals surface area contributed by atoms with Gasteiger partial charge in [-0.25, -0.2) is 0 Å². The van der Waals surface area contributed by atoms with E-state index in [4.69, 9.17) is 18.9 Å². The summed E-state index contributed by atoms with van der Waals surface area (Å²) < 4.78 is 21.7. The van der Waals surface area contributed by atoms with E-state index < -0.39 is 0 Å². The predicted octanol–water partition coefficient (Wildman–Crippen LogP) is 0.928. The highest BCUT2D eigenvalue weighted by molar-refractivity contribution is 5.24. The Labute approximate surface area is 161 Å². The number of ether oxygens (including phenoxy) is 4. The van der Waals surface area contributed by atoms with E-state index in [1.807, 2.05) is 0 Å². The van der Waals surface area contributed by atoms with Crippen molar-refractivity contribution in [2.24, 2.45) is 0 Å². The summed E-state index contributed by atoms with van der Waals surface area (Å²) in [6.45, 7) is 9.81. The first-order chi connectivity index (χ1) is 13.3. The lowest BCUT2D eigenvalue weighted by molar-refractivity contribution is 0.212. The number of epoxide rings is 4. The molecule has 0 saturated carbocycles. The first-order valence-corrected chi connectivity index (χ1v) is 10.3. The molecule has 0 radical (unpaired) electrons. The minimum Gasteiger partial charge on any atom is -0.372 e. The summed E-state index contributed by atoms with van der Waals surface area (Å²) in [6.07, 6.45) is 2.81. The molecule has 4 unspecified atom stereocenters. The van der Waals surface area contributed by atoms with Crippen LogP contribution in [0.3, 0.4) is 0 Å². The van der Waals surface area contributed by atoms with Gasteiger partial charge >= 0.3 is 0 Å². The van der Waals surface area contributed by atoms with Crippen LogP contribution in [0.2, 0.25) is 0 Å². The minimum atomic E-state index is 0.426. The number of rotatable bonds is 13. The number of hydrogen-bond acceptors (Lipinski definition) is 6. The topological polar surface area (TPSA) is 56.6 Å². The molecule has 0 aliphatic carbocycles. The SMILES string of the molecule is c1cc(CCN(CC2CO2)CC2CO2)cc(CN(CC2CO2)CC2CO2)c1. The molecular weight excluding hydrogens is 344 g/mol. The van der Waals surface area contributed by atoms with Crippen LogP contribution in [0.5, 0.6) is 0 Å². The van der Waals surface area contributed by atoms with Crippen molar-refractivity contribution >= 4 is 0 Å². The molecule has 148 valence electrons. The zero-order valence-electron chi connectivity index (χ0n) is 15.9. The van der Waals surface area contributed by atoms with Gasteiger partial charge in [0.1, 0.15) is 0 Å². The molecule has 4 aliphatic rings. The van der Waals surface area contributed by atoms with E-state index in [-0.39, 0.29) is 0 Å². The fourth-order valence-corrected chi connectivity index (χ4v) is 3.74. The van der Waals surface area contributed by atoms with Crippen LogP contribution in [0.25, 0.3) is 0 Å². The summed E-state index contributed by atoms with van der Waals surface area (Å²) in [4.78, 5) is 4.98. The highest BCUT2D eigenvalue weighted by Crippen LogP contribution is 2.19. The summed E-state index contributed by atoms with van der Waals surface area (Å²) >= 11 is 0. The van der Waals surface area contributed by atoms with E-state index in [1.54, 1.807) is 0 Å². The summed E-state index contributed by atoms with van der Waals surface area (Å²) in [5.74, 6) is 0. The highest BCUT2D eigenvalue weighted by Gasteiger charge is 2.31. The zero-order chi connectivity index (χ0) is 18.1. The molecule has 4 aliphatic heterocycles. The molecule has 4 fully saturated rings. The average molecular weight is 374 g/mol. The fraction of sp³-hybridized carbons (Fsp3) is 0.714. The number of benzene rings is 1. The van der Waals surface area contributed by atoms with Crippen LogP contribution in [0.1, 0.15) is 11.1 Å². The van der Waals surface area contributed by atoms with E-state index in [0.717, 1.165) is 72.1 Å². The standard InChI is InChI=1S/C21H30N2O4/c1-2-16(4-5-22(8-18-12-24-18)9-19-13-25-19)6-17(3-1)7-23(10-20-14-26-20)11-21-15-27-21/h1-3,6,18-21H,4-5,7-15H2. The average Bonchev–Trinajstić information content (AvgIpc) is 3.50. The largest absolute Gasteiger partial charge is 0.372 e. The molecule has 0 N–H and O–H groups in total. The van der Waals surface area contributed by atoms with Gasteiger partial charge in [-0.2, -0.15) is 0 Å². The molecule has 4 heterocycles. The maximum atomic E-state index is 5.43. The van der Waals surface area contributed by atoms with Crippen LogP contribution < -0.4 is 0 Å². The number of hydrogen-bond donors (Lipinski definition) is 0. The number of nitrogens with zero attached hydrogens (tertiary/aromatic N) is 2. The van der Waals surface area contributed by atoms with Crippen molar-refractivity contribution in [1.29, 1.82) is 0 Å². The molecule has 1 aromatic carbocycles. The molecule has 1 aromatic rings. The third-order valence-corrected chi connectivity index (χ3v) is 5.57. The third kappa shape index (κ3) is 6.24. The van der Waals surface area contributed by atoms with E-state index in [9.17, 15) is 0 Å². The fourth-order valence-electron chi connectivity index (χ4n) is 3.74. The molecule has 27 heavy (non-hydrogen) atoms. The second kappa shape index (κ2) is 8.15. The minimum absolute atomic E-state index is 0.426. The Morgan fingerprint density at radius 2 is 1.19 bits per heavy atom. The Hall–Kier alpha value is -1.02. The van der Waals surface area contributed by atoms with Crippen LogP contribution in [-0.4, -0.2) is 93.4 Å². The molecule has 0 bridgehead atoms. The monoisotopic (exact) mass is 374 g/mol. The van der Waals surface area contributed by atoms with Crippen LogP contribution in [0.4, 0.5) is 0 Å². The lowest BCUT2D eigenvalue weighted by Crippen LogP contribution is -2.33. The predicted molar refractivity (Wildman–Crippen MR) is 101 cm³/mol. The second-order valence-electron chi connectivity index (χ2n) is 8.34. The van der Waals surface area contributed by atoms with Crippen molar-refractivity contribution in [3.8, 4) is 0 Å². The lowest BCUT2D eigenvalue weighted by atomic mass is 10.1. The molecule has 5 rings (SSSR count). The molecule has 6 nitrogen and oxygen atoms in total. The third-order valence-electron chi connectivity index (χ3n) is 5.57. The quantitative estimate of drug-likeness (QED) is 0.479. The molecule has 4 saturated heterocycles. The van der Waals surface area contributed by atoms with Crippen molar-refractivity contribution in [3.05, 3.63) is 35.4 Å². The summed E-state index contributed by atoms with van der Waals surface area (Å²) in [5, 5.41) is 0. The van der Waals surface area contributed by atoms with Crippen molar-refractivity contribution in [3.63, 3.8) is 0 Å². The second-order valence-corrected chi connectivity index (χ2v) is 8.34. The maximum absolute atomic E-state index is 5.43. The van der Waals surface area contributed by atoms with Crippen LogP contribution in [-0.2, 0) is 31.9 Å². The highest BCUT2D eigenvalue weighted by atomic mass is 16.6. The van der Waals surface area contributed by atoms with Gasteiger partial charge in [-0.05, 0) is 17.5 Å². The molecule has 0 aromatic heterocycles. The van der Waals surface area contributed by atoms with Gasteiger partial charge in [0.15, 0.2) is 0 Å². The normalized spacial score (nSPS) is 30.7. The lowest BCUT2D eigenvalue weighted by Gasteiger charge is -2.22. The van der Waals surface area contributed by atoms with Crippen molar-refractivity contribution in [1.82, 2.24) is 9.80 Å².